The molecule has 144 valence electrons. The Hall–Kier alpha value is -2.45. The molecule has 0 bridgehead atoms. The summed E-state index contributed by atoms with van der Waals surface area (Å²) >= 11 is 0. The predicted octanol–water partition coefficient (Wildman–Crippen LogP) is 3.02. The number of nitro groups is 1. The minimum absolute atomic E-state index is 0.0827. The minimum Gasteiger partial charge on any atom is -0.371 e. The summed E-state index contributed by atoms with van der Waals surface area (Å²) in [4.78, 5) is 12.4. The van der Waals surface area contributed by atoms with Gasteiger partial charge in [0.05, 0.1) is 9.82 Å². The van der Waals surface area contributed by atoms with Gasteiger partial charge in [-0.15, -0.1) is 0 Å². The van der Waals surface area contributed by atoms with Gasteiger partial charge in [-0.05, 0) is 55.5 Å². The summed E-state index contributed by atoms with van der Waals surface area (Å²) in [5, 5.41) is 10.8. The third-order valence-electron chi connectivity index (χ3n) is 5.04. The minimum atomic E-state index is -3.77. The highest BCUT2D eigenvalue weighted by Crippen LogP contribution is 2.26. The molecule has 0 radical (unpaired) electrons. The van der Waals surface area contributed by atoms with Crippen molar-refractivity contribution < 1.29 is 13.3 Å². The van der Waals surface area contributed by atoms with Gasteiger partial charge in [0.2, 0.25) is 10.0 Å². The Morgan fingerprint density at radius 3 is 2.67 bits per heavy atom. The Morgan fingerprint density at radius 2 is 1.96 bits per heavy atom. The number of hydrogen-bond donors (Lipinski definition) is 1. The van der Waals surface area contributed by atoms with Gasteiger partial charge in [-0.1, -0.05) is 12.1 Å². The summed E-state index contributed by atoms with van der Waals surface area (Å²) < 4.78 is 27.5. The van der Waals surface area contributed by atoms with Crippen molar-refractivity contribution in [3.8, 4) is 0 Å². The number of sulfonamides is 1. The van der Waals surface area contributed by atoms with Crippen LogP contribution in [0.1, 0.15) is 17.5 Å². The Labute approximate surface area is 159 Å². The van der Waals surface area contributed by atoms with E-state index in [1.165, 1.54) is 29.3 Å². The van der Waals surface area contributed by atoms with Crippen molar-refractivity contribution in [3.63, 3.8) is 0 Å². The summed E-state index contributed by atoms with van der Waals surface area (Å²) in [6.45, 7) is 6.13. The van der Waals surface area contributed by atoms with Crippen molar-refractivity contribution in [2.45, 2.75) is 25.2 Å². The van der Waals surface area contributed by atoms with E-state index in [-0.39, 0.29) is 16.5 Å². The van der Waals surface area contributed by atoms with Gasteiger partial charge < -0.3 is 4.90 Å². The van der Waals surface area contributed by atoms with Gasteiger partial charge in [-0.2, -0.15) is 0 Å². The van der Waals surface area contributed by atoms with Gasteiger partial charge in [-0.25, -0.2) is 13.1 Å². The largest absolute Gasteiger partial charge is 0.371 e. The van der Waals surface area contributed by atoms with Crippen molar-refractivity contribution in [3.05, 3.63) is 63.7 Å². The summed E-state index contributed by atoms with van der Waals surface area (Å²) in [5.41, 5.74) is 3.41. The van der Waals surface area contributed by atoms with Gasteiger partial charge in [-0.3, -0.25) is 10.1 Å². The standard InChI is InChI=1S/C19H23N3O4S/c1-14-6-7-17(10-15(14)2)21-9-8-16(13-21)12-20-27(25,26)19-5-3-4-18(11-19)22(23)24/h3-7,10-11,16,20H,8-9,12-13H2,1-2H3. The summed E-state index contributed by atoms with van der Waals surface area (Å²) in [6.07, 6.45) is 0.893. The fraction of sp³-hybridized carbons (Fsp3) is 0.368. The molecule has 8 heteroatoms. The molecule has 1 atom stereocenters. The molecule has 1 aliphatic heterocycles. The summed E-state index contributed by atoms with van der Waals surface area (Å²) in [5.74, 6) is 0.195. The molecular weight excluding hydrogens is 366 g/mol. The summed E-state index contributed by atoms with van der Waals surface area (Å²) in [7, 11) is -3.77. The topological polar surface area (TPSA) is 92.6 Å². The first-order valence-corrected chi connectivity index (χ1v) is 10.3. The highest BCUT2D eigenvalue weighted by Gasteiger charge is 2.25. The molecule has 1 unspecified atom stereocenters. The van der Waals surface area contributed by atoms with Crippen molar-refractivity contribution in [2.24, 2.45) is 5.92 Å². The van der Waals surface area contributed by atoms with Crippen LogP contribution in [0.15, 0.2) is 47.4 Å². The summed E-state index contributed by atoms with van der Waals surface area (Å²) in [6, 6.07) is 11.5. The number of anilines is 1. The highest BCUT2D eigenvalue weighted by atomic mass is 32.2. The molecule has 1 fully saturated rings. The molecule has 0 saturated carbocycles. The number of hydrogen-bond acceptors (Lipinski definition) is 5. The van der Waals surface area contributed by atoms with E-state index in [1.807, 2.05) is 0 Å². The molecule has 2 aromatic rings. The molecule has 0 spiro atoms. The Bertz CT molecular complexity index is 959. The van der Waals surface area contributed by atoms with Crippen LogP contribution in [0.2, 0.25) is 0 Å². The third-order valence-corrected chi connectivity index (χ3v) is 6.46. The molecule has 0 aliphatic carbocycles. The second kappa shape index (κ2) is 7.66. The first kappa shape index (κ1) is 19.3. The van der Waals surface area contributed by atoms with E-state index in [2.05, 4.69) is 41.7 Å². The van der Waals surface area contributed by atoms with E-state index >= 15 is 0 Å². The first-order chi connectivity index (χ1) is 12.8. The van der Waals surface area contributed by atoms with E-state index in [1.54, 1.807) is 0 Å². The highest BCUT2D eigenvalue weighted by molar-refractivity contribution is 7.89. The molecule has 0 amide bonds. The van der Waals surface area contributed by atoms with Crippen molar-refractivity contribution in [2.75, 3.05) is 24.5 Å². The van der Waals surface area contributed by atoms with Crippen LogP contribution < -0.4 is 9.62 Å². The Morgan fingerprint density at radius 1 is 1.19 bits per heavy atom. The van der Waals surface area contributed by atoms with Crippen LogP contribution in [0.3, 0.4) is 0 Å². The zero-order valence-corrected chi connectivity index (χ0v) is 16.2. The maximum Gasteiger partial charge on any atom is 0.270 e. The van der Waals surface area contributed by atoms with E-state index in [0.717, 1.165) is 31.3 Å². The van der Waals surface area contributed by atoms with Crippen molar-refractivity contribution in [1.29, 1.82) is 0 Å². The molecule has 27 heavy (non-hydrogen) atoms. The van der Waals surface area contributed by atoms with Crippen LogP contribution in [0.4, 0.5) is 11.4 Å². The Balaban J connectivity index is 1.62. The van der Waals surface area contributed by atoms with Crippen LogP contribution in [-0.4, -0.2) is 33.0 Å². The average molecular weight is 389 g/mol. The maximum atomic E-state index is 12.5. The number of benzene rings is 2. The number of non-ortho nitro benzene ring substituents is 1. The number of nitro benzene ring substituents is 1. The number of rotatable bonds is 6. The lowest BCUT2D eigenvalue weighted by atomic mass is 10.1. The predicted molar refractivity (Wildman–Crippen MR) is 105 cm³/mol. The van der Waals surface area contributed by atoms with Gasteiger partial charge in [0, 0.05) is 37.5 Å². The molecule has 1 heterocycles. The number of aryl methyl sites for hydroxylation is 2. The van der Waals surface area contributed by atoms with E-state index in [9.17, 15) is 18.5 Å². The lowest BCUT2D eigenvalue weighted by molar-refractivity contribution is -0.385. The third kappa shape index (κ3) is 4.45. The van der Waals surface area contributed by atoms with Crippen molar-refractivity contribution in [1.82, 2.24) is 4.72 Å². The van der Waals surface area contributed by atoms with Crippen LogP contribution in [0.25, 0.3) is 0 Å². The van der Waals surface area contributed by atoms with Gasteiger partial charge in [0.1, 0.15) is 0 Å². The molecule has 1 N–H and O–H groups in total. The van der Waals surface area contributed by atoms with Gasteiger partial charge in [0.25, 0.3) is 5.69 Å². The van der Waals surface area contributed by atoms with Crippen LogP contribution >= 0.6 is 0 Å². The van der Waals surface area contributed by atoms with E-state index in [0.29, 0.717) is 6.54 Å². The lowest BCUT2D eigenvalue weighted by Crippen LogP contribution is -2.31. The quantitative estimate of drug-likeness (QED) is 0.606. The molecule has 2 aromatic carbocycles. The SMILES string of the molecule is Cc1ccc(N2CCC(CNS(=O)(=O)c3cccc([N+](=O)[O-])c3)C2)cc1C. The van der Waals surface area contributed by atoms with Crippen LogP contribution in [0.5, 0.6) is 0 Å². The van der Waals surface area contributed by atoms with Crippen LogP contribution in [0, 0.1) is 29.9 Å². The average Bonchev–Trinajstić information content (AvgIpc) is 3.11. The van der Waals surface area contributed by atoms with Gasteiger partial charge in [0.15, 0.2) is 0 Å². The normalized spacial score (nSPS) is 17.3. The molecule has 0 aromatic heterocycles. The van der Waals surface area contributed by atoms with E-state index in [4.69, 9.17) is 0 Å². The van der Waals surface area contributed by atoms with Crippen LogP contribution in [-0.2, 0) is 10.0 Å². The second-order valence-corrected chi connectivity index (χ2v) is 8.74. The molecule has 1 saturated heterocycles. The second-order valence-electron chi connectivity index (χ2n) is 6.98. The fourth-order valence-electron chi connectivity index (χ4n) is 3.23. The molecule has 1 aliphatic rings. The number of nitrogens with one attached hydrogen (secondary N) is 1. The molecule has 7 nitrogen and oxygen atoms in total. The fourth-order valence-corrected chi connectivity index (χ4v) is 4.39. The Kier molecular flexibility index (Phi) is 5.48. The number of nitrogens with zero attached hydrogens (tertiary/aromatic N) is 2. The van der Waals surface area contributed by atoms with E-state index < -0.39 is 14.9 Å². The maximum absolute atomic E-state index is 12.5. The molecule has 3 rings (SSSR count). The zero-order chi connectivity index (χ0) is 19.6. The lowest BCUT2D eigenvalue weighted by Gasteiger charge is -2.20. The monoisotopic (exact) mass is 389 g/mol. The molecular formula is C19H23N3O4S. The zero-order valence-electron chi connectivity index (χ0n) is 15.4. The first-order valence-electron chi connectivity index (χ1n) is 8.82. The smallest absolute Gasteiger partial charge is 0.270 e. The van der Waals surface area contributed by atoms with Gasteiger partial charge >= 0.3 is 0 Å². The van der Waals surface area contributed by atoms with Crippen molar-refractivity contribution >= 4 is 21.4 Å².